The fraction of sp³-hybridized carbons (Fsp3) is 0.538. The van der Waals surface area contributed by atoms with Crippen molar-refractivity contribution in [1.82, 2.24) is 4.98 Å². The molecular formula is C13H17N3O. The van der Waals surface area contributed by atoms with E-state index in [1.807, 2.05) is 26.1 Å². The molecule has 4 nitrogen and oxygen atoms in total. The predicted octanol–water partition coefficient (Wildman–Crippen LogP) is 1.88. The minimum atomic E-state index is 0.300. The third-order valence-corrected chi connectivity index (χ3v) is 3.08. The maximum atomic E-state index is 8.95. The van der Waals surface area contributed by atoms with Crippen LogP contribution in [-0.2, 0) is 4.74 Å². The number of ether oxygens (including phenoxy) is 1. The molecule has 1 aliphatic rings. The SMILES string of the molecule is Cc1ccc(N(C)CC2CCCO2)nc1C#N. The monoisotopic (exact) mass is 231 g/mol. The van der Waals surface area contributed by atoms with E-state index in [0.29, 0.717) is 11.8 Å². The Labute approximate surface area is 102 Å². The van der Waals surface area contributed by atoms with Gasteiger partial charge in [-0.3, -0.25) is 0 Å². The fourth-order valence-electron chi connectivity index (χ4n) is 2.03. The zero-order valence-electron chi connectivity index (χ0n) is 10.3. The maximum Gasteiger partial charge on any atom is 0.145 e. The van der Waals surface area contributed by atoms with E-state index >= 15 is 0 Å². The van der Waals surface area contributed by atoms with Crippen molar-refractivity contribution in [2.45, 2.75) is 25.9 Å². The number of nitrogens with zero attached hydrogens (tertiary/aromatic N) is 3. The van der Waals surface area contributed by atoms with Crippen LogP contribution in [0.15, 0.2) is 12.1 Å². The van der Waals surface area contributed by atoms with Gasteiger partial charge in [0.05, 0.1) is 6.10 Å². The predicted molar refractivity (Wildman–Crippen MR) is 65.9 cm³/mol. The average molecular weight is 231 g/mol. The second-order valence-corrected chi connectivity index (χ2v) is 4.46. The van der Waals surface area contributed by atoms with E-state index in [0.717, 1.165) is 37.4 Å². The molecule has 1 aliphatic heterocycles. The van der Waals surface area contributed by atoms with E-state index < -0.39 is 0 Å². The van der Waals surface area contributed by atoms with Crippen molar-refractivity contribution in [3.05, 3.63) is 23.4 Å². The van der Waals surface area contributed by atoms with E-state index in [4.69, 9.17) is 10.00 Å². The van der Waals surface area contributed by atoms with Crippen molar-refractivity contribution in [3.63, 3.8) is 0 Å². The molecule has 1 saturated heterocycles. The number of aryl methyl sites for hydroxylation is 1. The normalized spacial score (nSPS) is 19.0. The molecule has 4 heteroatoms. The third-order valence-electron chi connectivity index (χ3n) is 3.08. The highest BCUT2D eigenvalue weighted by Gasteiger charge is 2.18. The third kappa shape index (κ3) is 2.75. The molecule has 2 heterocycles. The number of rotatable bonds is 3. The minimum absolute atomic E-state index is 0.300. The molecule has 0 aromatic carbocycles. The van der Waals surface area contributed by atoms with Crippen molar-refractivity contribution in [2.75, 3.05) is 25.1 Å². The van der Waals surface area contributed by atoms with Crippen LogP contribution in [0, 0.1) is 18.3 Å². The first-order valence-corrected chi connectivity index (χ1v) is 5.91. The van der Waals surface area contributed by atoms with E-state index in [2.05, 4.69) is 16.0 Å². The Balaban J connectivity index is 2.08. The molecule has 2 rings (SSSR count). The number of pyridine rings is 1. The zero-order chi connectivity index (χ0) is 12.3. The van der Waals surface area contributed by atoms with Crippen LogP contribution in [0.3, 0.4) is 0 Å². The average Bonchev–Trinajstić information content (AvgIpc) is 2.82. The van der Waals surface area contributed by atoms with Gasteiger partial charge in [-0.1, -0.05) is 6.07 Å². The van der Waals surface area contributed by atoms with Gasteiger partial charge < -0.3 is 9.64 Å². The fourth-order valence-corrected chi connectivity index (χ4v) is 2.03. The number of anilines is 1. The molecule has 1 fully saturated rings. The molecule has 1 unspecified atom stereocenters. The van der Waals surface area contributed by atoms with Crippen molar-refractivity contribution in [3.8, 4) is 6.07 Å². The Morgan fingerprint density at radius 3 is 3.06 bits per heavy atom. The summed E-state index contributed by atoms with van der Waals surface area (Å²) in [6.45, 7) is 3.60. The molecule has 17 heavy (non-hydrogen) atoms. The Morgan fingerprint density at radius 2 is 2.41 bits per heavy atom. The zero-order valence-corrected chi connectivity index (χ0v) is 10.3. The molecule has 90 valence electrons. The smallest absolute Gasteiger partial charge is 0.145 e. The largest absolute Gasteiger partial charge is 0.376 e. The molecule has 0 radical (unpaired) electrons. The minimum Gasteiger partial charge on any atom is -0.376 e. The van der Waals surface area contributed by atoms with Crippen LogP contribution in [0.25, 0.3) is 0 Å². The van der Waals surface area contributed by atoms with E-state index in [1.54, 1.807) is 0 Å². The molecular weight excluding hydrogens is 214 g/mol. The molecule has 0 spiro atoms. The van der Waals surface area contributed by atoms with Gasteiger partial charge in [-0.15, -0.1) is 0 Å². The number of hydrogen-bond acceptors (Lipinski definition) is 4. The second-order valence-electron chi connectivity index (χ2n) is 4.46. The van der Waals surface area contributed by atoms with E-state index in [-0.39, 0.29) is 0 Å². The van der Waals surface area contributed by atoms with Gasteiger partial charge in [-0.05, 0) is 31.4 Å². The summed E-state index contributed by atoms with van der Waals surface area (Å²) in [5.41, 5.74) is 1.42. The summed E-state index contributed by atoms with van der Waals surface area (Å²) in [7, 11) is 1.99. The van der Waals surface area contributed by atoms with E-state index in [9.17, 15) is 0 Å². The van der Waals surface area contributed by atoms with Gasteiger partial charge in [-0.25, -0.2) is 4.98 Å². The summed E-state index contributed by atoms with van der Waals surface area (Å²) in [6.07, 6.45) is 2.55. The van der Waals surface area contributed by atoms with Crippen LogP contribution in [0.2, 0.25) is 0 Å². The Kier molecular flexibility index (Phi) is 3.60. The first-order valence-electron chi connectivity index (χ1n) is 5.91. The molecule has 1 atom stereocenters. The number of nitriles is 1. The van der Waals surface area contributed by atoms with Crippen molar-refractivity contribution < 1.29 is 4.74 Å². The molecule has 0 saturated carbocycles. The molecule has 0 aliphatic carbocycles. The van der Waals surface area contributed by atoms with E-state index in [1.165, 1.54) is 0 Å². The van der Waals surface area contributed by atoms with Gasteiger partial charge in [0, 0.05) is 20.2 Å². The Hall–Kier alpha value is -1.60. The maximum absolute atomic E-state index is 8.95. The summed E-state index contributed by atoms with van der Waals surface area (Å²) >= 11 is 0. The molecule has 0 N–H and O–H groups in total. The van der Waals surface area contributed by atoms with Gasteiger partial charge in [-0.2, -0.15) is 5.26 Å². The van der Waals surface area contributed by atoms with Gasteiger partial charge in [0.25, 0.3) is 0 Å². The summed E-state index contributed by atoms with van der Waals surface area (Å²) in [4.78, 5) is 6.39. The quantitative estimate of drug-likeness (QED) is 0.797. The lowest BCUT2D eigenvalue weighted by atomic mass is 10.2. The Morgan fingerprint density at radius 1 is 1.59 bits per heavy atom. The van der Waals surface area contributed by atoms with Gasteiger partial charge in [0.1, 0.15) is 17.6 Å². The van der Waals surface area contributed by atoms with Crippen LogP contribution in [0.1, 0.15) is 24.1 Å². The summed E-state index contributed by atoms with van der Waals surface area (Å²) in [6, 6.07) is 6.00. The molecule has 1 aromatic rings. The lowest BCUT2D eigenvalue weighted by Crippen LogP contribution is -2.29. The van der Waals surface area contributed by atoms with Crippen LogP contribution >= 0.6 is 0 Å². The van der Waals surface area contributed by atoms with Gasteiger partial charge >= 0.3 is 0 Å². The van der Waals surface area contributed by atoms with Crippen molar-refractivity contribution >= 4 is 5.82 Å². The molecule has 0 amide bonds. The van der Waals surface area contributed by atoms with Gasteiger partial charge in [0.15, 0.2) is 0 Å². The van der Waals surface area contributed by atoms with Crippen molar-refractivity contribution in [1.29, 1.82) is 5.26 Å². The number of aromatic nitrogens is 1. The highest BCUT2D eigenvalue weighted by molar-refractivity contribution is 5.44. The number of hydrogen-bond donors (Lipinski definition) is 0. The van der Waals surface area contributed by atoms with Crippen LogP contribution in [0.5, 0.6) is 0 Å². The molecule has 0 bridgehead atoms. The summed E-state index contributed by atoms with van der Waals surface area (Å²) < 4.78 is 5.59. The second kappa shape index (κ2) is 5.15. The molecule has 1 aromatic heterocycles. The lowest BCUT2D eigenvalue weighted by molar-refractivity contribution is 0.116. The van der Waals surface area contributed by atoms with Crippen molar-refractivity contribution in [2.24, 2.45) is 0 Å². The van der Waals surface area contributed by atoms with Gasteiger partial charge in [0.2, 0.25) is 0 Å². The Bertz CT molecular complexity index is 433. The lowest BCUT2D eigenvalue weighted by Gasteiger charge is -2.21. The van der Waals surface area contributed by atoms with Crippen LogP contribution in [0.4, 0.5) is 5.82 Å². The first kappa shape index (κ1) is 11.9. The van der Waals surface area contributed by atoms with Crippen LogP contribution < -0.4 is 4.90 Å². The standard InChI is InChI=1S/C13H17N3O/c1-10-5-6-13(15-12(10)8-14)16(2)9-11-4-3-7-17-11/h5-6,11H,3-4,7,9H2,1-2H3. The number of likely N-dealkylation sites (N-methyl/N-ethyl adjacent to an activating group) is 1. The van der Waals surface area contributed by atoms with Crippen LogP contribution in [-0.4, -0.2) is 31.3 Å². The highest BCUT2D eigenvalue weighted by Crippen LogP contribution is 2.17. The summed E-state index contributed by atoms with van der Waals surface area (Å²) in [5.74, 6) is 0.836. The highest BCUT2D eigenvalue weighted by atomic mass is 16.5. The first-order chi connectivity index (χ1) is 8.20. The topological polar surface area (TPSA) is 49.1 Å². The summed E-state index contributed by atoms with van der Waals surface area (Å²) in [5, 5.41) is 8.95.